The van der Waals surface area contributed by atoms with E-state index in [0.717, 1.165) is 72.4 Å². The Hall–Kier alpha value is -4.86. The third-order valence-corrected chi connectivity index (χ3v) is 7.62. The molecule has 8 aromatic rings. The number of imidazole rings is 1. The second kappa shape index (κ2) is 10.5. The molecule has 6 heteroatoms. The summed E-state index contributed by atoms with van der Waals surface area (Å²) in [5, 5.41) is 2.23. The smallest absolute Gasteiger partial charge is 0.367 e. The van der Waals surface area contributed by atoms with E-state index in [0.29, 0.717) is 0 Å². The second-order valence-electron chi connectivity index (χ2n) is 10.0. The Kier molecular flexibility index (Phi) is 6.53. The number of nitrogens with zero attached hydrogens (tertiary/aromatic N) is 5. The van der Waals surface area contributed by atoms with Crippen LogP contribution in [-0.2, 0) is 28.1 Å². The monoisotopic (exact) mass is 720 g/mol. The molecule has 202 valence electrons. The van der Waals surface area contributed by atoms with Crippen molar-refractivity contribution in [3.8, 4) is 39.6 Å². The van der Waals surface area contributed by atoms with Gasteiger partial charge >= 0.3 is 21.1 Å². The summed E-state index contributed by atoms with van der Waals surface area (Å²) in [6, 6.07) is 44.5. The summed E-state index contributed by atoms with van der Waals surface area (Å²) in [7, 11) is 2.06. The van der Waals surface area contributed by atoms with Crippen molar-refractivity contribution in [1.29, 1.82) is 0 Å². The van der Waals surface area contributed by atoms with Crippen LogP contribution < -0.4 is 0 Å². The Labute approximate surface area is 257 Å². The van der Waals surface area contributed by atoms with Crippen LogP contribution in [0.15, 0.2) is 122 Å². The molecule has 0 aliphatic heterocycles. The van der Waals surface area contributed by atoms with Gasteiger partial charge in [-0.15, -0.1) is 47.5 Å². The molecule has 4 heterocycles. The quantitative estimate of drug-likeness (QED) is 0.173. The molecule has 0 spiro atoms. The van der Waals surface area contributed by atoms with Crippen molar-refractivity contribution < 1.29 is 21.1 Å². The van der Waals surface area contributed by atoms with Crippen LogP contribution in [0.5, 0.6) is 0 Å². The third kappa shape index (κ3) is 4.17. The molecule has 0 atom stereocenters. The molecule has 0 fully saturated rings. The summed E-state index contributed by atoms with van der Waals surface area (Å²) >= 11 is 0. The van der Waals surface area contributed by atoms with E-state index >= 15 is 0 Å². The minimum Gasteiger partial charge on any atom is -0.367 e. The predicted octanol–water partition coefficient (Wildman–Crippen LogP) is 8.06. The Bertz CT molecular complexity index is 2220. The van der Waals surface area contributed by atoms with Gasteiger partial charge in [0.25, 0.3) is 0 Å². The van der Waals surface area contributed by atoms with E-state index < -0.39 is 0 Å². The van der Waals surface area contributed by atoms with Gasteiger partial charge in [-0.3, -0.25) is 9.97 Å². The van der Waals surface area contributed by atoms with E-state index in [-0.39, 0.29) is 21.1 Å². The van der Waals surface area contributed by atoms with Crippen LogP contribution in [0.4, 0.5) is 0 Å². The molecule has 4 aromatic carbocycles. The summed E-state index contributed by atoms with van der Waals surface area (Å²) in [6.45, 7) is 0. The number of pyridine rings is 2. The van der Waals surface area contributed by atoms with E-state index in [1.165, 1.54) is 0 Å². The summed E-state index contributed by atoms with van der Waals surface area (Å²) in [4.78, 5) is 14.4. The van der Waals surface area contributed by atoms with E-state index in [4.69, 9.17) is 9.97 Å². The van der Waals surface area contributed by atoms with Crippen molar-refractivity contribution in [3.63, 3.8) is 0 Å². The summed E-state index contributed by atoms with van der Waals surface area (Å²) < 4.78 is 4.38. The normalized spacial score (nSPS) is 11.3. The van der Waals surface area contributed by atoms with Crippen LogP contribution in [0.2, 0.25) is 0 Å². The summed E-state index contributed by atoms with van der Waals surface area (Å²) in [5.74, 6) is 0.855. The van der Waals surface area contributed by atoms with Crippen LogP contribution in [0.3, 0.4) is 0 Å². The zero-order chi connectivity index (χ0) is 27.3. The standard InChI is InChI=1S/C36H23N5.Pt/c1-40-33-18-5-3-16-31(33)39-36(40)25-22-28(30-15-7-9-20-38-30)35-27-13-2-4-17-32(27)41(34(35)23-25)26-12-10-11-24(21-26)29-14-6-8-19-37-29;/h2-20,22H,1H3;/q-2;+2. The molecule has 0 aliphatic rings. The van der Waals surface area contributed by atoms with E-state index in [2.05, 4.69) is 87.9 Å². The molecular formula is C36H23N5Pt. The van der Waals surface area contributed by atoms with Crippen molar-refractivity contribution in [2.24, 2.45) is 7.05 Å². The maximum atomic E-state index is 5.02. The molecule has 0 aliphatic carbocycles. The summed E-state index contributed by atoms with van der Waals surface area (Å²) in [5.41, 5.74) is 9.64. The fraction of sp³-hybridized carbons (Fsp3) is 0.0278. The number of benzene rings is 4. The molecule has 0 bridgehead atoms. The van der Waals surface area contributed by atoms with E-state index in [9.17, 15) is 0 Å². The molecule has 0 saturated carbocycles. The van der Waals surface area contributed by atoms with E-state index in [1.54, 1.807) is 0 Å². The van der Waals surface area contributed by atoms with E-state index in [1.807, 2.05) is 67.0 Å². The number of hydrogen-bond donors (Lipinski definition) is 0. The fourth-order valence-electron chi connectivity index (χ4n) is 5.75. The SMILES string of the molecule is Cn1c(-c2[c-]c3c(c(-c4ccccn4)c2)c2ccccc2n3-c2[c-]c(-c3ccccn3)ccc2)nc2ccccc21.[Pt+2]. The number of rotatable bonds is 4. The zero-order valence-electron chi connectivity index (χ0n) is 22.6. The Morgan fingerprint density at radius 1 is 0.643 bits per heavy atom. The van der Waals surface area contributed by atoms with Crippen LogP contribution >= 0.6 is 0 Å². The number of fused-ring (bicyclic) bond motifs is 4. The Balaban J connectivity index is 0.00000288. The topological polar surface area (TPSA) is 48.5 Å². The Morgan fingerprint density at radius 3 is 2.12 bits per heavy atom. The maximum absolute atomic E-state index is 5.02. The predicted molar refractivity (Wildman–Crippen MR) is 165 cm³/mol. The van der Waals surface area contributed by atoms with Gasteiger partial charge < -0.3 is 14.1 Å². The minimum absolute atomic E-state index is 0. The van der Waals surface area contributed by atoms with Gasteiger partial charge in [-0.2, -0.15) is 0 Å². The first-order valence-electron chi connectivity index (χ1n) is 13.5. The molecule has 4 aromatic heterocycles. The molecular weight excluding hydrogens is 698 g/mol. The first-order valence-corrected chi connectivity index (χ1v) is 13.5. The van der Waals surface area contributed by atoms with Gasteiger partial charge in [-0.05, 0) is 58.7 Å². The molecule has 42 heavy (non-hydrogen) atoms. The van der Waals surface area contributed by atoms with Gasteiger partial charge in [0.1, 0.15) is 0 Å². The van der Waals surface area contributed by atoms with Crippen LogP contribution in [0.25, 0.3) is 72.4 Å². The molecule has 0 unspecified atom stereocenters. The van der Waals surface area contributed by atoms with Gasteiger partial charge in [0.05, 0.1) is 22.6 Å². The minimum atomic E-state index is 0. The van der Waals surface area contributed by atoms with Crippen LogP contribution in [0, 0.1) is 12.1 Å². The summed E-state index contributed by atoms with van der Waals surface area (Å²) in [6.07, 6.45) is 3.66. The van der Waals surface area contributed by atoms with Crippen LogP contribution in [0.1, 0.15) is 0 Å². The molecule has 0 saturated heterocycles. The number of aromatic nitrogens is 5. The number of hydrogen-bond acceptors (Lipinski definition) is 3. The van der Waals surface area contributed by atoms with Gasteiger partial charge in [0.15, 0.2) is 0 Å². The van der Waals surface area contributed by atoms with Gasteiger partial charge in [-0.25, -0.2) is 0 Å². The first-order chi connectivity index (χ1) is 20.3. The van der Waals surface area contributed by atoms with Crippen molar-refractivity contribution in [1.82, 2.24) is 24.1 Å². The molecule has 0 N–H and O–H groups in total. The molecule has 8 rings (SSSR count). The van der Waals surface area contributed by atoms with Crippen molar-refractivity contribution in [2.45, 2.75) is 0 Å². The number of para-hydroxylation sites is 3. The average Bonchev–Trinajstić information content (AvgIpc) is 3.56. The third-order valence-electron chi connectivity index (χ3n) is 7.62. The average molecular weight is 721 g/mol. The second-order valence-corrected chi connectivity index (χ2v) is 10.0. The first kappa shape index (κ1) is 26.1. The van der Waals surface area contributed by atoms with Crippen molar-refractivity contribution >= 4 is 32.8 Å². The zero-order valence-corrected chi connectivity index (χ0v) is 24.9. The number of aryl methyl sites for hydroxylation is 1. The van der Waals surface area contributed by atoms with Crippen molar-refractivity contribution in [2.75, 3.05) is 0 Å². The van der Waals surface area contributed by atoms with Crippen LogP contribution in [-0.4, -0.2) is 24.1 Å². The fourth-order valence-corrected chi connectivity index (χ4v) is 5.75. The molecule has 5 nitrogen and oxygen atoms in total. The van der Waals surface area contributed by atoms with Gasteiger partial charge in [0.2, 0.25) is 0 Å². The maximum Gasteiger partial charge on any atom is 2.00 e. The molecule has 0 amide bonds. The molecule has 0 radical (unpaired) electrons. The van der Waals surface area contributed by atoms with Gasteiger partial charge in [0, 0.05) is 25.0 Å². The Morgan fingerprint density at radius 2 is 1.36 bits per heavy atom. The van der Waals surface area contributed by atoms with Gasteiger partial charge in [-0.1, -0.05) is 59.5 Å². The largest absolute Gasteiger partial charge is 2.00 e. The van der Waals surface area contributed by atoms with Crippen molar-refractivity contribution in [3.05, 3.63) is 134 Å².